The normalized spacial score (nSPS) is 14.8. The number of likely N-dealkylation sites (tertiary alicyclic amines) is 1. The highest BCUT2D eigenvalue weighted by Gasteiger charge is 2.37. The summed E-state index contributed by atoms with van der Waals surface area (Å²) in [7, 11) is 4.26. The molecule has 7 nitrogen and oxygen atoms in total. The molecule has 0 spiro atoms. The van der Waals surface area contributed by atoms with Crippen molar-refractivity contribution in [3.05, 3.63) is 41.5 Å². The maximum atomic E-state index is 13.6. The second-order valence-electron chi connectivity index (χ2n) is 7.45. The zero-order chi connectivity index (χ0) is 23.3. The molecule has 2 N–H and O–H groups in total. The molecule has 10 heteroatoms. The first kappa shape index (κ1) is 26.5. The minimum atomic E-state index is -2.76. The second-order valence-corrected chi connectivity index (χ2v) is 7.45. The number of halogens is 3. The van der Waals surface area contributed by atoms with E-state index in [4.69, 9.17) is 24.7 Å². The summed E-state index contributed by atoms with van der Waals surface area (Å²) in [5.74, 6) is -1.87. The lowest BCUT2D eigenvalue weighted by Crippen LogP contribution is -2.42. The molecule has 0 atom stereocenters. The Hall–Kier alpha value is -2.78. The Balaban J connectivity index is 0.00000385. The van der Waals surface area contributed by atoms with Crippen molar-refractivity contribution >= 4 is 18.3 Å². The first-order chi connectivity index (χ1) is 15.3. The summed E-state index contributed by atoms with van der Waals surface area (Å²) in [6, 6.07) is 8.86. The first-order valence-electron chi connectivity index (χ1n) is 10.3. The highest BCUT2D eigenvalue weighted by atomic mass is 35.5. The highest BCUT2D eigenvalue weighted by molar-refractivity contribution is 5.99. The monoisotopic (exact) mass is 486 g/mol. The van der Waals surface area contributed by atoms with Gasteiger partial charge in [0.15, 0.2) is 11.5 Å². The summed E-state index contributed by atoms with van der Waals surface area (Å²) in [4.78, 5) is 14.6. The number of hydrogen-bond donors (Lipinski definition) is 1. The van der Waals surface area contributed by atoms with Crippen LogP contribution in [0.5, 0.6) is 28.7 Å². The van der Waals surface area contributed by atoms with E-state index in [0.29, 0.717) is 12.3 Å². The van der Waals surface area contributed by atoms with Gasteiger partial charge >= 0.3 is 0 Å². The lowest BCUT2D eigenvalue weighted by molar-refractivity contribution is -0.0494. The van der Waals surface area contributed by atoms with Crippen LogP contribution < -0.4 is 24.7 Å². The smallest absolute Gasteiger partial charge is 0.257 e. The Morgan fingerprint density at radius 3 is 2.09 bits per heavy atom. The van der Waals surface area contributed by atoms with Crippen LogP contribution >= 0.6 is 12.4 Å². The van der Waals surface area contributed by atoms with Gasteiger partial charge in [-0.1, -0.05) is 12.1 Å². The third kappa shape index (κ3) is 5.97. The Labute approximate surface area is 198 Å². The largest absolute Gasteiger partial charge is 0.492 e. The van der Waals surface area contributed by atoms with Gasteiger partial charge in [-0.3, -0.25) is 4.79 Å². The van der Waals surface area contributed by atoms with E-state index in [9.17, 15) is 13.6 Å². The zero-order valence-corrected chi connectivity index (χ0v) is 19.7. The molecule has 0 bridgehead atoms. The highest BCUT2D eigenvalue weighted by Crippen LogP contribution is 2.48. The SMILES string of the molecule is COc1c(Oc2ccc(CCN)cc2)cc(C(=O)N2CCC(F)(F)CC2)c(OC)c1OC.Cl. The van der Waals surface area contributed by atoms with E-state index < -0.39 is 11.8 Å². The molecule has 0 aromatic heterocycles. The van der Waals surface area contributed by atoms with Gasteiger partial charge in [0.25, 0.3) is 11.8 Å². The number of rotatable bonds is 8. The van der Waals surface area contributed by atoms with Gasteiger partial charge in [0.05, 0.1) is 26.9 Å². The lowest BCUT2D eigenvalue weighted by atomic mass is 10.0. The molecule has 2 aromatic rings. The van der Waals surface area contributed by atoms with Gasteiger partial charge in [-0.25, -0.2) is 8.78 Å². The molecule has 0 radical (unpaired) electrons. The van der Waals surface area contributed by atoms with Gasteiger partial charge in [-0.2, -0.15) is 0 Å². The van der Waals surface area contributed by atoms with E-state index in [1.807, 2.05) is 12.1 Å². The molecule has 1 saturated heterocycles. The fourth-order valence-corrected chi connectivity index (χ4v) is 3.64. The minimum Gasteiger partial charge on any atom is -0.492 e. The number of ether oxygens (including phenoxy) is 4. The molecule has 1 fully saturated rings. The molecule has 1 aliphatic heterocycles. The number of piperidine rings is 1. The molecular formula is C23H29ClF2N2O5. The van der Waals surface area contributed by atoms with Crippen molar-refractivity contribution in [1.82, 2.24) is 4.90 Å². The predicted octanol–water partition coefficient (Wildman–Crippen LogP) is 4.30. The minimum absolute atomic E-state index is 0. The van der Waals surface area contributed by atoms with Gasteiger partial charge in [0.1, 0.15) is 5.75 Å². The Kier molecular flexibility index (Phi) is 9.13. The van der Waals surface area contributed by atoms with Crippen molar-refractivity contribution in [2.75, 3.05) is 41.0 Å². The summed E-state index contributed by atoms with van der Waals surface area (Å²) < 4.78 is 49.5. The molecule has 182 valence electrons. The van der Waals surface area contributed by atoms with Crippen LogP contribution in [0.2, 0.25) is 0 Å². The number of benzene rings is 2. The molecule has 1 heterocycles. The lowest BCUT2D eigenvalue weighted by Gasteiger charge is -2.32. The maximum absolute atomic E-state index is 13.6. The van der Waals surface area contributed by atoms with E-state index in [1.165, 1.54) is 32.3 Å². The average Bonchev–Trinajstić information content (AvgIpc) is 2.79. The van der Waals surface area contributed by atoms with E-state index in [0.717, 1.165) is 12.0 Å². The van der Waals surface area contributed by atoms with Crippen LogP contribution in [0.1, 0.15) is 28.8 Å². The summed E-state index contributed by atoms with van der Waals surface area (Å²) in [6.07, 6.45) is -0.0206. The molecule has 0 aliphatic carbocycles. The Morgan fingerprint density at radius 2 is 1.58 bits per heavy atom. The van der Waals surface area contributed by atoms with Crippen molar-refractivity contribution in [3.8, 4) is 28.7 Å². The molecule has 1 aliphatic rings. The second kappa shape index (κ2) is 11.4. The molecule has 0 unspecified atom stereocenters. The van der Waals surface area contributed by atoms with Crippen LogP contribution in [-0.4, -0.2) is 57.7 Å². The van der Waals surface area contributed by atoms with Crippen LogP contribution in [0.15, 0.2) is 30.3 Å². The van der Waals surface area contributed by atoms with E-state index in [-0.39, 0.29) is 66.9 Å². The van der Waals surface area contributed by atoms with Crippen LogP contribution in [-0.2, 0) is 6.42 Å². The van der Waals surface area contributed by atoms with Crippen molar-refractivity contribution in [3.63, 3.8) is 0 Å². The van der Waals surface area contributed by atoms with E-state index in [2.05, 4.69) is 0 Å². The Bertz CT molecular complexity index is 947. The van der Waals surface area contributed by atoms with Crippen LogP contribution in [0, 0.1) is 0 Å². The van der Waals surface area contributed by atoms with Crippen LogP contribution in [0.3, 0.4) is 0 Å². The maximum Gasteiger partial charge on any atom is 0.257 e. The number of carbonyl (C=O) groups is 1. The van der Waals surface area contributed by atoms with Crippen molar-refractivity contribution in [1.29, 1.82) is 0 Å². The third-order valence-corrected chi connectivity index (χ3v) is 5.37. The van der Waals surface area contributed by atoms with Crippen molar-refractivity contribution in [2.24, 2.45) is 5.73 Å². The number of hydrogen-bond acceptors (Lipinski definition) is 6. The van der Waals surface area contributed by atoms with E-state index >= 15 is 0 Å². The number of alkyl halides is 2. The number of methoxy groups -OCH3 is 3. The topological polar surface area (TPSA) is 83.3 Å². The Morgan fingerprint density at radius 1 is 1.00 bits per heavy atom. The van der Waals surface area contributed by atoms with Crippen LogP contribution in [0.25, 0.3) is 0 Å². The van der Waals surface area contributed by atoms with Gasteiger partial charge in [-0.15, -0.1) is 12.4 Å². The standard InChI is InChI=1S/C23H28F2N2O5.ClH/c1-29-19-17(22(28)27-12-9-23(24,25)10-13-27)14-18(20(30-2)21(19)31-3)32-16-6-4-15(5-7-16)8-11-26;/h4-7,14H,8-13,26H2,1-3H3;1H. The van der Waals surface area contributed by atoms with Gasteiger partial charge in [-0.05, 0) is 30.7 Å². The fourth-order valence-electron chi connectivity index (χ4n) is 3.64. The molecule has 33 heavy (non-hydrogen) atoms. The van der Waals surface area contributed by atoms with E-state index in [1.54, 1.807) is 12.1 Å². The summed E-state index contributed by atoms with van der Waals surface area (Å²) in [5, 5.41) is 0. The number of nitrogens with two attached hydrogens (primary N) is 1. The average molecular weight is 487 g/mol. The number of nitrogens with zero attached hydrogens (tertiary/aromatic N) is 1. The zero-order valence-electron chi connectivity index (χ0n) is 18.9. The van der Waals surface area contributed by atoms with Crippen LogP contribution in [0.4, 0.5) is 8.78 Å². The van der Waals surface area contributed by atoms with Gasteiger partial charge < -0.3 is 29.6 Å². The molecule has 2 aromatic carbocycles. The van der Waals surface area contributed by atoms with Crippen molar-refractivity contribution in [2.45, 2.75) is 25.2 Å². The molecular weight excluding hydrogens is 458 g/mol. The molecule has 0 saturated carbocycles. The summed E-state index contributed by atoms with van der Waals surface area (Å²) >= 11 is 0. The number of carbonyl (C=O) groups excluding carboxylic acids is 1. The number of amides is 1. The summed E-state index contributed by atoms with van der Waals surface area (Å²) in [5.41, 5.74) is 6.80. The third-order valence-electron chi connectivity index (χ3n) is 5.37. The first-order valence-corrected chi connectivity index (χ1v) is 10.3. The van der Waals surface area contributed by atoms with Gasteiger partial charge in [0.2, 0.25) is 11.5 Å². The molecule has 3 rings (SSSR count). The predicted molar refractivity (Wildman–Crippen MR) is 123 cm³/mol. The quantitative estimate of drug-likeness (QED) is 0.599. The molecule has 1 amide bonds. The van der Waals surface area contributed by atoms with Crippen molar-refractivity contribution < 1.29 is 32.5 Å². The van der Waals surface area contributed by atoms with Gasteiger partial charge in [0, 0.05) is 32.0 Å². The fraction of sp³-hybridized carbons (Fsp3) is 0.435. The summed E-state index contributed by atoms with van der Waals surface area (Å²) in [6.45, 7) is 0.432.